The minimum Gasteiger partial charge on any atom is -0.370 e. The van der Waals surface area contributed by atoms with Gasteiger partial charge in [0.2, 0.25) is 0 Å². The summed E-state index contributed by atoms with van der Waals surface area (Å²) in [6.45, 7) is 8.38. The molecule has 0 aromatic carbocycles. The molecule has 1 aromatic rings. The van der Waals surface area contributed by atoms with Crippen LogP contribution in [-0.4, -0.2) is 17.6 Å². The van der Waals surface area contributed by atoms with Gasteiger partial charge in [-0.3, -0.25) is 0 Å². The van der Waals surface area contributed by atoms with Gasteiger partial charge in [0.25, 0.3) is 0 Å². The minimum atomic E-state index is 0.219. The van der Waals surface area contributed by atoms with Crippen molar-refractivity contribution in [2.75, 3.05) is 6.54 Å². The highest BCUT2D eigenvalue weighted by Gasteiger charge is 2.25. The molecule has 0 spiro atoms. The standard InChI is InChI=1S/C12H20N2OS/c1-4-5-13-7-11-14-10-6-8(2)15-9(3)12(10)16-11/h8-9,13H,4-7H2,1-3H3. The van der Waals surface area contributed by atoms with Crippen LogP contribution in [0.3, 0.4) is 0 Å². The number of nitrogens with zero attached hydrogens (tertiary/aromatic N) is 1. The van der Waals surface area contributed by atoms with Crippen LogP contribution in [0.15, 0.2) is 0 Å². The average molecular weight is 240 g/mol. The Morgan fingerprint density at radius 1 is 1.50 bits per heavy atom. The maximum absolute atomic E-state index is 5.80. The summed E-state index contributed by atoms with van der Waals surface area (Å²) in [5, 5.41) is 4.59. The van der Waals surface area contributed by atoms with Crippen LogP contribution in [0.5, 0.6) is 0 Å². The SMILES string of the molecule is CCCNCc1nc2c(s1)C(C)OC(C)C2. The van der Waals surface area contributed by atoms with Crippen molar-refractivity contribution in [3.63, 3.8) is 0 Å². The van der Waals surface area contributed by atoms with Crippen LogP contribution in [0.1, 0.15) is 48.9 Å². The Hall–Kier alpha value is -0.450. The molecule has 2 atom stereocenters. The predicted molar refractivity (Wildman–Crippen MR) is 66.8 cm³/mol. The number of hydrogen-bond acceptors (Lipinski definition) is 4. The molecular formula is C12H20N2OS. The van der Waals surface area contributed by atoms with Crippen molar-refractivity contribution in [1.82, 2.24) is 10.3 Å². The molecule has 0 saturated carbocycles. The predicted octanol–water partition coefficient (Wildman–Crippen LogP) is 2.66. The molecule has 16 heavy (non-hydrogen) atoms. The lowest BCUT2D eigenvalue weighted by atomic mass is 10.1. The Bertz CT molecular complexity index is 351. The summed E-state index contributed by atoms with van der Waals surface area (Å²) in [4.78, 5) is 6.02. The molecular weight excluding hydrogens is 220 g/mol. The molecule has 1 aliphatic heterocycles. The van der Waals surface area contributed by atoms with Gasteiger partial charge < -0.3 is 10.1 Å². The third kappa shape index (κ3) is 2.62. The molecule has 0 fully saturated rings. The van der Waals surface area contributed by atoms with E-state index in [1.54, 1.807) is 11.3 Å². The third-order valence-corrected chi connectivity index (χ3v) is 4.02. The smallest absolute Gasteiger partial charge is 0.107 e. The van der Waals surface area contributed by atoms with Gasteiger partial charge in [-0.15, -0.1) is 11.3 Å². The van der Waals surface area contributed by atoms with E-state index in [1.807, 2.05) is 0 Å². The van der Waals surface area contributed by atoms with Crippen molar-refractivity contribution >= 4 is 11.3 Å². The molecule has 3 nitrogen and oxygen atoms in total. The normalized spacial score (nSPS) is 24.4. The molecule has 90 valence electrons. The summed E-state index contributed by atoms with van der Waals surface area (Å²) in [5.74, 6) is 0. The van der Waals surface area contributed by atoms with Crippen LogP contribution >= 0.6 is 11.3 Å². The van der Waals surface area contributed by atoms with Gasteiger partial charge in [-0.05, 0) is 26.8 Å². The van der Waals surface area contributed by atoms with Gasteiger partial charge in [-0.25, -0.2) is 4.98 Å². The van der Waals surface area contributed by atoms with Crippen LogP contribution in [0.2, 0.25) is 0 Å². The zero-order chi connectivity index (χ0) is 11.5. The van der Waals surface area contributed by atoms with Crippen LogP contribution in [0.4, 0.5) is 0 Å². The highest BCUT2D eigenvalue weighted by atomic mass is 32.1. The molecule has 0 aliphatic carbocycles. The van der Waals surface area contributed by atoms with Gasteiger partial charge >= 0.3 is 0 Å². The summed E-state index contributed by atoms with van der Waals surface area (Å²) in [6.07, 6.45) is 2.66. The van der Waals surface area contributed by atoms with Gasteiger partial charge in [-0.1, -0.05) is 6.92 Å². The summed E-state index contributed by atoms with van der Waals surface area (Å²) < 4.78 is 5.80. The van der Waals surface area contributed by atoms with Crippen LogP contribution in [0.25, 0.3) is 0 Å². The van der Waals surface area contributed by atoms with Gasteiger partial charge in [0.15, 0.2) is 0 Å². The zero-order valence-corrected chi connectivity index (χ0v) is 11.1. The molecule has 0 amide bonds. The topological polar surface area (TPSA) is 34.2 Å². The molecule has 2 rings (SSSR count). The van der Waals surface area contributed by atoms with Crippen molar-refractivity contribution in [1.29, 1.82) is 0 Å². The number of rotatable bonds is 4. The lowest BCUT2D eigenvalue weighted by Crippen LogP contribution is -2.21. The second kappa shape index (κ2) is 5.25. The summed E-state index contributed by atoms with van der Waals surface area (Å²) >= 11 is 1.80. The van der Waals surface area contributed by atoms with E-state index >= 15 is 0 Å². The summed E-state index contributed by atoms with van der Waals surface area (Å²) in [5.41, 5.74) is 1.25. The number of hydrogen-bond donors (Lipinski definition) is 1. The maximum atomic E-state index is 5.80. The fourth-order valence-electron chi connectivity index (χ4n) is 2.06. The van der Waals surface area contributed by atoms with E-state index < -0.39 is 0 Å². The first-order valence-electron chi connectivity index (χ1n) is 6.05. The van der Waals surface area contributed by atoms with E-state index in [0.29, 0.717) is 6.10 Å². The van der Waals surface area contributed by atoms with Gasteiger partial charge in [0.05, 0.1) is 22.8 Å². The summed E-state index contributed by atoms with van der Waals surface area (Å²) in [7, 11) is 0. The Labute approximate surface area is 101 Å². The van der Waals surface area contributed by atoms with E-state index in [9.17, 15) is 0 Å². The molecule has 0 radical (unpaired) electrons. The van der Waals surface area contributed by atoms with Crippen molar-refractivity contribution < 1.29 is 4.74 Å². The average Bonchev–Trinajstić information content (AvgIpc) is 2.61. The fraction of sp³-hybridized carbons (Fsp3) is 0.750. The molecule has 2 unspecified atom stereocenters. The third-order valence-electron chi connectivity index (χ3n) is 2.76. The lowest BCUT2D eigenvalue weighted by molar-refractivity contribution is -0.00318. The molecule has 4 heteroatoms. The molecule has 0 bridgehead atoms. The first-order valence-corrected chi connectivity index (χ1v) is 6.87. The van der Waals surface area contributed by atoms with Gasteiger partial charge in [0.1, 0.15) is 5.01 Å². The summed E-state index contributed by atoms with van der Waals surface area (Å²) in [6, 6.07) is 0. The molecule has 1 N–H and O–H groups in total. The number of thiazole rings is 1. The van der Waals surface area contributed by atoms with Crippen molar-refractivity contribution in [2.24, 2.45) is 0 Å². The Kier molecular flexibility index (Phi) is 3.95. The number of ether oxygens (including phenoxy) is 1. The molecule has 1 aromatic heterocycles. The van der Waals surface area contributed by atoms with Gasteiger partial charge in [-0.2, -0.15) is 0 Å². The van der Waals surface area contributed by atoms with E-state index in [0.717, 1.165) is 19.5 Å². The molecule has 0 saturated heterocycles. The number of fused-ring (bicyclic) bond motifs is 1. The van der Waals surface area contributed by atoms with E-state index in [4.69, 9.17) is 9.72 Å². The number of nitrogens with one attached hydrogen (secondary N) is 1. The van der Waals surface area contributed by atoms with Crippen LogP contribution in [0, 0.1) is 0 Å². The second-order valence-corrected chi connectivity index (χ2v) is 5.50. The zero-order valence-electron chi connectivity index (χ0n) is 10.2. The Morgan fingerprint density at radius 2 is 2.31 bits per heavy atom. The quantitative estimate of drug-likeness (QED) is 0.822. The van der Waals surface area contributed by atoms with Crippen molar-refractivity contribution in [3.8, 4) is 0 Å². The fourth-order valence-corrected chi connectivity index (χ4v) is 3.11. The largest absolute Gasteiger partial charge is 0.370 e. The van der Waals surface area contributed by atoms with Crippen LogP contribution < -0.4 is 5.32 Å². The van der Waals surface area contributed by atoms with E-state index in [2.05, 4.69) is 26.1 Å². The maximum Gasteiger partial charge on any atom is 0.107 e. The number of aromatic nitrogens is 1. The first kappa shape index (κ1) is 12.0. The van der Waals surface area contributed by atoms with Crippen molar-refractivity contribution in [2.45, 2.75) is 52.4 Å². The lowest BCUT2D eigenvalue weighted by Gasteiger charge is -2.23. The van der Waals surface area contributed by atoms with Crippen molar-refractivity contribution in [3.05, 3.63) is 15.6 Å². The Balaban J connectivity index is 2.05. The molecule has 1 aliphatic rings. The minimum absolute atomic E-state index is 0.219. The van der Waals surface area contributed by atoms with E-state index in [1.165, 1.54) is 22.0 Å². The highest BCUT2D eigenvalue weighted by molar-refractivity contribution is 7.11. The second-order valence-electron chi connectivity index (χ2n) is 4.39. The first-order chi connectivity index (χ1) is 7.70. The molecule has 2 heterocycles. The van der Waals surface area contributed by atoms with Crippen LogP contribution in [-0.2, 0) is 17.7 Å². The highest BCUT2D eigenvalue weighted by Crippen LogP contribution is 2.34. The van der Waals surface area contributed by atoms with E-state index in [-0.39, 0.29) is 6.10 Å². The monoisotopic (exact) mass is 240 g/mol. The van der Waals surface area contributed by atoms with Gasteiger partial charge in [0, 0.05) is 13.0 Å². The Morgan fingerprint density at radius 3 is 3.06 bits per heavy atom.